The Hall–Kier alpha value is -8.34. The molecular formula is C59H36N2O2. The summed E-state index contributed by atoms with van der Waals surface area (Å²) in [6.45, 7) is 0. The quantitative estimate of drug-likeness (QED) is 0.178. The van der Waals surface area contributed by atoms with E-state index < -0.39 is 5.41 Å². The molecule has 0 bridgehead atoms. The lowest BCUT2D eigenvalue weighted by molar-refractivity contribution is 0.435. The lowest BCUT2D eigenvalue weighted by Crippen LogP contribution is -2.36. The fourth-order valence-corrected chi connectivity index (χ4v) is 11.1. The fraction of sp³-hybridized carbons (Fsp3) is 0.0169. The van der Waals surface area contributed by atoms with E-state index in [2.05, 4.69) is 222 Å². The molecule has 14 rings (SSSR count). The number of nitrogens with zero attached hydrogens (tertiary/aromatic N) is 2. The highest BCUT2D eigenvalue weighted by molar-refractivity contribution is 6.15. The van der Waals surface area contributed by atoms with E-state index in [9.17, 15) is 0 Å². The highest BCUT2D eigenvalue weighted by Gasteiger charge is 2.49. The Morgan fingerprint density at radius 1 is 0.381 bits per heavy atom. The van der Waals surface area contributed by atoms with Gasteiger partial charge in [-0.3, -0.25) is 0 Å². The maximum absolute atomic E-state index is 6.76. The summed E-state index contributed by atoms with van der Waals surface area (Å²) >= 11 is 0. The number of fused-ring (bicyclic) bond motifs is 14. The zero-order valence-corrected chi connectivity index (χ0v) is 34.0. The van der Waals surface area contributed by atoms with Crippen molar-refractivity contribution in [2.45, 2.75) is 5.41 Å². The highest BCUT2D eigenvalue weighted by atomic mass is 16.5. The minimum atomic E-state index is -0.657. The van der Waals surface area contributed by atoms with Crippen LogP contribution in [-0.4, -0.2) is 4.57 Å². The first-order valence-corrected chi connectivity index (χ1v) is 21.6. The molecule has 0 fully saturated rings. The van der Waals surface area contributed by atoms with Gasteiger partial charge in [-0.05, 0) is 106 Å². The minimum absolute atomic E-state index is 0.657. The molecule has 0 saturated carbocycles. The lowest BCUT2D eigenvalue weighted by Gasteiger charge is -2.45. The molecule has 1 aliphatic carbocycles. The summed E-state index contributed by atoms with van der Waals surface area (Å²) in [7, 11) is 0. The summed E-state index contributed by atoms with van der Waals surface area (Å²) in [6.07, 6.45) is 0. The second-order valence-corrected chi connectivity index (χ2v) is 16.8. The fourth-order valence-electron chi connectivity index (χ4n) is 11.1. The molecule has 2 aromatic heterocycles. The molecule has 0 amide bonds. The second-order valence-electron chi connectivity index (χ2n) is 16.8. The topological polar surface area (TPSA) is 30.5 Å². The van der Waals surface area contributed by atoms with E-state index in [1.165, 1.54) is 43.8 Å². The summed E-state index contributed by atoms with van der Waals surface area (Å²) in [5.74, 6) is 1.75. The summed E-state index contributed by atoms with van der Waals surface area (Å²) in [4.78, 5) is 2.42. The Labute approximate surface area is 363 Å². The summed E-state index contributed by atoms with van der Waals surface area (Å²) < 4.78 is 15.6. The van der Waals surface area contributed by atoms with E-state index in [0.717, 1.165) is 78.3 Å². The summed E-state index contributed by atoms with van der Waals surface area (Å²) in [5.41, 5.74) is 14.9. The van der Waals surface area contributed by atoms with Gasteiger partial charge in [-0.2, -0.15) is 0 Å². The van der Waals surface area contributed by atoms with Gasteiger partial charge in [0.05, 0.1) is 27.5 Å². The van der Waals surface area contributed by atoms with Crippen molar-refractivity contribution in [3.05, 3.63) is 241 Å². The third-order valence-corrected chi connectivity index (χ3v) is 13.6. The average molecular weight is 805 g/mol. The van der Waals surface area contributed by atoms with Gasteiger partial charge in [-0.1, -0.05) is 146 Å². The van der Waals surface area contributed by atoms with Gasteiger partial charge in [-0.25, -0.2) is 0 Å². The average Bonchev–Trinajstić information content (AvgIpc) is 3.89. The van der Waals surface area contributed by atoms with Gasteiger partial charge in [0.15, 0.2) is 0 Å². The Morgan fingerprint density at radius 2 is 1.02 bits per heavy atom. The zero-order valence-electron chi connectivity index (χ0n) is 34.0. The van der Waals surface area contributed by atoms with E-state index in [-0.39, 0.29) is 0 Å². The summed E-state index contributed by atoms with van der Waals surface area (Å²) in [5, 5.41) is 7.12. The molecule has 63 heavy (non-hydrogen) atoms. The minimum Gasteiger partial charge on any atom is -0.457 e. The molecule has 0 unspecified atom stereocenters. The van der Waals surface area contributed by atoms with Crippen LogP contribution in [0.1, 0.15) is 22.3 Å². The molecule has 12 aromatic rings. The molecule has 0 saturated heterocycles. The number of rotatable bonds is 4. The van der Waals surface area contributed by atoms with Crippen molar-refractivity contribution in [3.63, 3.8) is 0 Å². The maximum atomic E-state index is 6.76. The number of ether oxygens (including phenoxy) is 1. The van der Waals surface area contributed by atoms with Crippen LogP contribution in [0.15, 0.2) is 223 Å². The summed E-state index contributed by atoms with van der Waals surface area (Å²) in [6, 6.07) is 79.1. The molecule has 1 aliphatic heterocycles. The Morgan fingerprint density at radius 3 is 1.86 bits per heavy atom. The van der Waals surface area contributed by atoms with Gasteiger partial charge in [0, 0.05) is 44.3 Å². The van der Waals surface area contributed by atoms with Gasteiger partial charge >= 0.3 is 0 Å². The Kier molecular flexibility index (Phi) is 7.01. The van der Waals surface area contributed by atoms with E-state index in [1.54, 1.807) is 0 Å². The Balaban J connectivity index is 1.07. The first-order chi connectivity index (χ1) is 31.3. The maximum Gasteiger partial charge on any atom is 0.137 e. The molecule has 10 aromatic carbocycles. The van der Waals surface area contributed by atoms with Crippen molar-refractivity contribution in [2.75, 3.05) is 4.90 Å². The van der Waals surface area contributed by atoms with Crippen molar-refractivity contribution in [1.82, 2.24) is 4.57 Å². The number of aromatic nitrogens is 1. The molecule has 4 nitrogen and oxygen atoms in total. The van der Waals surface area contributed by atoms with E-state index in [4.69, 9.17) is 9.15 Å². The van der Waals surface area contributed by atoms with E-state index >= 15 is 0 Å². The third-order valence-electron chi connectivity index (χ3n) is 13.6. The smallest absolute Gasteiger partial charge is 0.137 e. The molecule has 1 spiro atoms. The van der Waals surface area contributed by atoms with Crippen LogP contribution >= 0.6 is 0 Å². The molecule has 0 atom stereocenters. The van der Waals surface area contributed by atoms with Gasteiger partial charge < -0.3 is 18.6 Å². The molecule has 2 aliphatic rings. The highest BCUT2D eigenvalue weighted by Crippen LogP contribution is 2.61. The predicted molar refractivity (Wildman–Crippen MR) is 258 cm³/mol. The third kappa shape index (κ3) is 4.64. The largest absolute Gasteiger partial charge is 0.457 e. The number of hydrogen-bond donors (Lipinski definition) is 0. The number of hydrogen-bond acceptors (Lipinski definition) is 3. The number of anilines is 3. The van der Waals surface area contributed by atoms with Crippen molar-refractivity contribution < 1.29 is 9.15 Å². The molecule has 294 valence electrons. The van der Waals surface area contributed by atoms with Crippen molar-refractivity contribution in [2.24, 2.45) is 0 Å². The SMILES string of the molecule is c1ccc(N(c2ccc3c(c2)C2(c4ccccc4Oc4ccccc42)c2cccc4cccc-3c24)c2ccc3c4ccccc4n(-c4cccc5oc6ccccc6c45)c3c2)cc1. The number of benzene rings is 10. The monoisotopic (exact) mass is 804 g/mol. The van der Waals surface area contributed by atoms with E-state index in [0.29, 0.717) is 0 Å². The lowest BCUT2D eigenvalue weighted by atomic mass is 9.58. The first-order valence-electron chi connectivity index (χ1n) is 21.6. The molecule has 0 N–H and O–H groups in total. The van der Waals surface area contributed by atoms with Crippen LogP contribution in [-0.2, 0) is 5.41 Å². The Bertz CT molecular complexity index is 3810. The molecule has 3 heterocycles. The van der Waals surface area contributed by atoms with E-state index in [1.807, 2.05) is 6.07 Å². The first kappa shape index (κ1) is 34.4. The van der Waals surface area contributed by atoms with Crippen LogP contribution < -0.4 is 9.64 Å². The van der Waals surface area contributed by atoms with Crippen LogP contribution in [0.25, 0.3) is 71.3 Å². The van der Waals surface area contributed by atoms with Crippen molar-refractivity contribution in [3.8, 4) is 28.3 Å². The van der Waals surface area contributed by atoms with Crippen LogP contribution in [0, 0.1) is 0 Å². The molecule has 4 heteroatoms. The molecule has 0 radical (unpaired) electrons. The second kappa shape index (κ2) is 12.8. The van der Waals surface area contributed by atoms with Crippen LogP contribution in [0.5, 0.6) is 11.5 Å². The normalized spacial score (nSPS) is 13.3. The number of furan rings is 1. The molecular weight excluding hydrogens is 769 g/mol. The van der Waals surface area contributed by atoms with Crippen LogP contribution in [0.3, 0.4) is 0 Å². The predicted octanol–water partition coefficient (Wildman–Crippen LogP) is 15.8. The van der Waals surface area contributed by atoms with Gasteiger partial charge in [0.25, 0.3) is 0 Å². The van der Waals surface area contributed by atoms with Gasteiger partial charge in [-0.15, -0.1) is 0 Å². The van der Waals surface area contributed by atoms with Gasteiger partial charge in [0.1, 0.15) is 22.7 Å². The standard InChI is InChI=1S/C59H36N2O2/c1-2-17-38(18-3-1)60(40-32-34-43-42-19-4-8-25-50(42)61(52(43)36-40)51-26-14-30-56-58(51)45-20-5-9-27-53(45)62-56)39-31-33-41-44-21-12-15-37-16-13-24-48(57(37)44)59(49(41)35-39)46-22-6-10-28-54(46)63-55-29-11-7-23-47(55)59/h1-36H. The van der Waals surface area contributed by atoms with Crippen LogP contribution in [0.2, 0.25) is 0 Å². The van der Waals surface area contributed by atoms with Crippen molar-refractivity contribution in [1.29, 1.82) is 0 Å². The zero-order chi connectivity index (χ0) is 41.2. The van der Waals surface area contributed by atoms with Gasteiger partial charge in [0.2, 0.25) is 0 Å². The number of para-hydroxylation sites is 5. The van der Waals surface area contributed by atoms with Crippen molar-refractivity contribution >= 4 is 71.6 Å². The van der Waals surface area contributed by atoms with Crippen LogP contribution in [0.4, 0.5) is 17.1 Å².